The molecule has 0 heterocycles. The fourth-order valence-corrected chi connectivity index (χ4v) is 3.57. The van der Waals surface area contributed by atoms with Crippen LogP contribution in [-0.4, -0.2) is 48.5 Å². The smallest absolute Gasteiger partial charge is 0.126 e. The highest BCUT2D eigenvalue weighted by atomic mass is 16.5. The molecule has 0 bridgehead atoms. The van der Waals surface area contributed by atoms with E-state index < -0.39 is 6.10 Å². The van der Waals surface area contributed by atoms with Gasteiger partial charge in [0, 0.05) is 12.6 Å². The minimum absolute atomic E-state index is 0.0946. The summed E-state index contributed by atoms with van der Waals surface area (Å²) in [7, 11) is 2.05. The molecule has 2 aromatic carbocycles. The van der Waals surface area contributed by atoms with Gasteiger partial charge >= 0.3 is 0 Å². The molecule has 3 rings (SSSR count). The Morgan fingerprint density at radius 2 is 1.77 bits per heavy atom. The van der Waals surface area contributed by atoms with E-state index in [0.29, 0.717) is 6.61 Å². The van der Waals surface area contributed by atoms with Gasteiger partial charge in [-0.1, -0.05) is 36.4 Å². The molecule has 0 saturated heterocycles. The van der Waals surface area contributed by atoms with Crippen LogP contribution in [0, 0.1) is 6.92 Å². The second-order valence-electron chi connectivity index (χ2n) is 7.05. The Balaban J connectivity index is 1.53. The minimum Gasteiger partial charge on any atom is -0.492 e. The van der Waals surface area contributed by atoms with E-state index in [9.17, 15) is 5.11 Å². The quantitative estimate of drug-likeness (QED) is 0.823. The number of likely N-dealkylation sites (N-methyl/N-ethyl adjacent to an activating group) is 1. The first-order valence-electron chi connectivity index (χ1n) is 9.43. The molecule has 4 heteroatoms. The van der Waals surface area contributed by atoms with Crippen molar-refractivity contribution in [1.29, 1.82) is 0 Å². The summed E-state index contributed by atoms with van der Waals surface area (Å²) in [6, 6.07) is 17.9. The van der Waals surface area contributed by atoms with Gasteiger partial charge in [0.1, 0.15) is 30.3 Å². The number of hydrogen-bond donors (Lipinski definition) is 1. The van der Waals surface area contributed by atoms with Crippen molar-refractivity contribution in [3.8, 4) is 11.5 Å². The van der Waals surface area contributed by atoms with Crippen LogP contribution in [0.3, 0.4) is 0 Å². The third-order valence-corrected chi connectivity index (χ3v) is 5.16. The van der Waals surface area contributed by atoms with E-state index in [1.165, 1.54) is 0 Å². The van der Waals surface area contributed by atoms with E-state index in [0.717, 1.165) is 42.9 Å². The molecule has 140 valence electrons. The zero-order valence-corrected chi connectivity index (χ0v) is 15.7. The zero-order chi connectivity index (χ0) is 18.4. The minimum atomic E-state index is -0.495. The predicted molar refractivity (Wildman–Crippen MR) is 104 cm³/mol. The number of aliphatic hydroxyl groups is 1. The molecular formula is C22H29NO3. The van der Waals surface area contributed by atoms with E-state index in [4.69, 9.17) is 9.47 Å². The Morgan fingerprint density at radius 1 is 1.04 bits per heavy atom. The molecule has 1 fully saturated rings. The Labute approximate surface area is 156 Å². The van der Waals surface area contributed by atoms with Crippen LogP contribution in [0.15, 0.2) is 54.6 Å². The highest BCUT2D eigenvalue weighted by Crippen LogP contribution is 2.28. The zero-order valence-electron chi connectivity index (χ0n) is 15.7. The molecule has 0 amide bonds. The van der Waals surface area contributed by atoms with Gasteiger partial charge in [0.2, 0.25) is 0 Å². The monoisotopic (exact) mass is 355 g/mol. The fraction of sp³-hybridized carbons (Fsp3) is 0.455. The number of hydrogen-bond acceptors (Lipinski definition) is 4. The van der Waals surface area contributed by atoms with E-state index in [-0.39, 0.29) is 12.1 Å². The number of benzene rings is 2. The SMILES string of the molecule is Cc1ccccc1O[C@@H]1CCC[C@H](N(C)CCOc2ccccc2)[C@H]1O. The molecule has 1 aliphatic carbocycles. The lowest BCUT2D eigenvalue weighted by Crippen LogP contribution is -2.52. The third-order valence-electron chi connectivity index (χ3n) is 5.16. The van der Waals surface area contributed by atoms with Gasteiger partial charge < -0.3 is 14.6 Å². The van der Waals surface area contributed by atoms with Crippen molar-refractivity contribution < 1.29 is 14.6 Å². The van der Waals surface area contributed by atoms with Crippen LogP contribution < -0.4 is 9.47 Å². The topological polar surface area (TPSA) is 41.9 Å². The maximum Gasteiger partial charge on any atom is 0.126 e. The van der Waals surface area contributed by atoms with Crippen LogP contribution in [-0.2, 0) is 0 Å². The van der Waals surface area contributed by atoms with Crippen LogP contribution in [0.2, 0.25) is 0 Å². The third kappa shape index (κ3) is 4.77. The van der Waals surface area contributed by atoms with Crippen molar-refractivity contribution in [2.24, 2.45) is 0 Å². The number of rotatable bonds is 7. The number of ether oxygens (including phenoxy) is 2. The lowest BCUT2D eigenvalue weighted by atomic mass is 9.89. The molecule has 2 aromatic rings. The summed E-state index contributed by atoms with van der Waals surface area (Å²) in [5, 5.41) is 10.9. The number of nitrogens with zero attached hydrogens (tertiary/aromatic N) is 1. The van der Waals surface area contributed by atoms with Crippen LogP contribution in [0.4, 0.5) is 0 Å². The lowest BCUT2D eigenvalue weighted by molar-refractivity contribution is -0.0491. The molecular weight excluding hydrogens is 326 g/mol. The van der Waals surface area contributed by atoms with Gasteiger partial charge in [-0.3, -0.25) is 4.90 Å². The summed E-state index contributed by atoms with van der Waals surface area (Å²) >= 11 is 0. The normalized spacial score (nSPS) is 23.0. The molecule has 0 unspecified atom stereocenters. The number of aliphatic hydroxyl groups excluding tert-OH is 1. The first-order valence-corrected chi connectivity index (χ1v) is 9.43. The van der Waals surface area contributed by atoms with Gasteiger partial charge in [0.25, 0.3) is 0 Å². The second-order valence-corrected chi connectivity index (χ2v) is 7.05. The maximum absolute atomic E-state index is 10.9. The summed E-state index contributed by atoms with van der Waals surface area (Å²) in [5.74, 6) is 1.75. The molecule has 1 N–H and O–H groups in total. The standard InChI is InChI=1S/C22H29NO3/c1-17-9-6-7-13-20(17)26-21-14-8-12-19(22(21)24)23(2)15-16-25-18-10-4-3-5-11-18/h3-7,9-11,13,19,21-22,24H,8,12,14-16H2,1-2H3/t19-,21+,22+/m0/s1. The first-order chi connectivity index (χ1) is 12.6. The Hall–Kier alpha value is -2.04. The molecule has 0 aliphatic heterocycles. The van der Waals surface area contributed by atoms with Crippen molar-refractivity contribution in [2.45, 2.75) is 44.4 Å². The highest BCUT2D eigenvalue weighted by molar-refractivity contribution is 5.32. The van der Waals surface area contributed by atoms with Gasteiger partial charge in [-0.05, 0) is 57.0 Å². The van der Waals surface area contributed by atoms with E-state index >= 15 is 0 Å². The summed E-state index contributed by atoms with van der Waals surface area (Å²) in [4.78, 5) is 2.20. The molecule has 3 atom stereocenters. The molecule has 0 spiro atoms. The summed E-state index contributed by atoms with van der Waals surface area (Å²) < 4.78 is 11.9. The van der Waals surface area contributed by atoms with E-state index in [1.54, 1.807) is 0 Å². The van der Waals surface area contributed by atoms with Crippen LogP contribution in [0.1, 0.15) is 24.8 Å². The Kier molecular flexibility index (Phi) is 6.53. The predicted octanol–water partition coefficient (Wildman–Crippen LogP) is 3.67. The largest absolute Gasteiger partial charge is 0.492 e. The van der Waals surface area contributed by atoms with Gasteiger partial charge in [-0.15, -0.1) is 0 Å². The van der Waals surface area contributed by atoms with Crippen molar-refractivity contribution in [3.05, 3.63) is 60.2 Å². The number of aryl methyl sites for hydroxylation is 1. The maximum atomic E-state index is 10.9. The van der Waals surface area contributed by atoms with Gasteiger partial charge in [-0.25, -0.2) is 0 Å². The van der Waals surface area contributed by atoms with E-state index in [2.05, 4.69) is 11.9 Å². The fourth-order valence-electron chi connectivity index (χ4n) is 3.57. The molecule has 26 heavy (non-hydrogen) atoms. The highest BCUT2D eigenvalue weighted by Gasteiger charge is 2.35. The average molecular weight is 355 g/mol. The van der Waals surface area contributed by atoms with Crippen molar-refractivity contribution >= 4 is 0 Å². The van der Waals surface area contributed by atoms with Gasteiger partial charge in [-0.2, -0.15) is 0 Å². The molecule has 4 nitrogen and oxygen atoms in total. The van der Waals surface area contributed by atoms with E-state index in [1.807, 2.05) is 61.5 Å². The first kappa shape index (κ1) is 18.7. The summed E-state index contributed by atoms with van der Waals surface area (Å²) in [6.07, 6.45) is 2.27. The summed E-state index contributed by atoms with van der Waals surface area (Å²) in [6.45, 7) is 3.41. The van der Waals surface area contributed by atoms with Crippen LogP contribution >= 0.6 is 0 Å². The van der Waals surface area contributed by atoms with Crippen molar-refractivity contribution in [2.75, 3.05) is 20.2 Å². The van der Waals surface area contributed by atoms with Gasteiger partial charge in [0.15, 0.2) is 0 Å². The average Bonchev–Trinajstić information content (AvgIpc) is 2.66. The Morgan fingerprint density at radius 3 is 2.54 bits per heavy atom. The van der Waals surface area contributed by atoms with Crippen LogP contribution in [0.25, 0.3) is 0 Å². The molecule has 1 aliphatic rings. The summed E-state index contributed by atoms with van der Waals surface area (Å²) in [5.41, 5.74) is 1.10. The van der Waals surface area contributed by atoms with Crippen LogP contribution in [0.5, 0.6) is 11.5 Å². The molecule has 0 radical (unpaired) electrons. The number of para-hydroxylation sites is 2. The lowest BCUT2D eigenvalue weighted by Gasteiger charge is -2.39. The molecule has 1 saturated carbocycles. The Bertz CT molecular complexity index is 676. The van der Waals surface area contributed by atoms with Gasteiger partial charge in [0.05, 0.1) is 0 Å². The second kappa shape index (κ2) is 9.06. The van der Waals surface area contributed by atoms with Crippen molar-refractivity contribution in [3.63, 3.8) is 0 Å². The van der Waals surface area contributed by atoms with Crippen molar-refractivity contribution in [1.82, 2.24) is 4.90 Å². The molecule has 0 aromatic heterocycles.